The Balaban J connectivity index is 2.30. The maximum absolute atomic E-state index is 12.3. The van der Waals surface area contributed by atoms with Gasteiger partial charge in [0.25, 0.3) is 0 Å². The van der Waals surface area contributed by atoms with Gasteiger partial charge in [-0.15, -0.1) is 0 Å². The molecule has 2 rings (SSSR count). The average Bonchev–Trinajstić information content (AvgIpc) is 2.76. The maximum atomic E-state index is 12.3. The van der Waals surface area contributed by atoms with E-state index in [4.69, 9.17) is 0 Å². The Kier molecular flexibility index (Phi) is 3.64. The fourth-order valence-electron chi connectivity index (χ4n) is 2.46. The second-order valence-corrected chi connectivity index (χ2v) is 7.99. The highest BCUT2D eigenvalue weighted by atomic mass is 32.2. The lowest BCUT2D eigenvalue weighted by Gasteiger charge is -2.41. The maximum Gasteiger partial charge on any atom is 0.205 e. The summed E-state index contributed by atoms with van der Waals surface area (Å²) in [5.74, 6) is 0.967. The van der Waals surface area contributed by atoms with Gasteiger partial charge in [-0.25, -0.2) is 13.4 Å². The molecule has 0 amide bonds. The Bertz CT molecular complexity index is 520. The van der Waals surface area contributed by atoms with E-state index < -0.39 is 14.6 Å². The smallest absolute Gasteiger partial charge is 0.205 e. The van der Waals surface area contributed by atoms with E-state index in [2.05, 4.69) is 14.3 Å². The lowest BCUT2D eigenvalue weighted by Crippen LogP contribution is -2.55. The summed E-state index contributed by atoms with van der Waals surface area (Å²) in [6.07, 6.45) is 1.31. The molecule has 5 nitrogen and oxygen atoms in total. The van der Waals surface area contributed by atoms with Crippen molar-refractivity contribution in [1.82, 2.24) is 9.36 Å². The Hall–Kier alpha value is -0.690. The predicted octanol–water partition coefficient (Wildman–Crippen LogP) is 1.64. The van der Waals surface area contributed by atoms with Crippen LogP contribution < -0.4 is 4.90 Å². The van der Waals surface area contributed by atoms with Crippen LogP contribution in [0.1, 0.15) is 32.5 Å². The van der Waals surface area contributed by atoms with Crippen LogP contribution in [0.5, 0.6) is 0 Å². The second-order valence-electron chi connectivity index (χ2n) is 4.75. The molecule has 0 saturated carbocycles. The summed E-state index contributed by atoms with van der Waals surface area (Å²) in [4.78, 5) is 6.42. The summed E-state index contributed by atoms with van der Waals surface area (Å²) in [5.41, 5.74) is 0. The molecular weight excluding hydrogens is 270 g/mol. The van der Waals surface area contributed by atoms with Gasteiger partial charge in [0.2, 0.25) is 5.13 Å². The standard InChI is InChI=1S/C11H19N3O2S2/c1-4-11(5-2)8-14(6-7-18(11,15)16)10-12-9(3)13-17-10/h4-8H2,1-3H3. The summed E-state index contributed by atoms with van der Waals surface area (Å²) >= 11 is 1.35. The molecule has 18 heavy (non-hydrogen) atoms. The zero-order valence-corrected chi connectivity index (χ0v) is 12.6. The minimum atomic E-state index is -3.00. The monoisotopic (exact) mass is 289 g/mol. The molecule has 0 bridgehead atoms. The van der Waals surface area contributed by atoms with Crippen LogP contribution in [0.2, 0.25) is 0 Å². The molecule has 0 aromatic carbocycles. The summed E-state index contributed by atoms with van der Waals surface area (Å²) in [5, 5.41) is 0.841. The molecule has 0 spiro atoms. The van der Waals surface area contributed by atoms with Crippen LogP contribution in [0.4, 0.5) is 5.13 Å². The van der Waals surface area contributed by atoms with E-state index in [1.54, 1.807) is 0 Å². The summed E-state index contributed by atoms with van der Waals surface area (Å²) in [6.45, 7) is 6.83. The van der Waals surface area contributed by atoms with Crippen LogP contribution >= 0.6 is 11.5 Å². The Morgan fingerprint density at radius 1 is 1.39 bits per heavy atom. The van der Waals surface area contributed by atoms with Crippen LogP contribution in [0.3, 0.4) is 0 Å². The highest BCUT2D eigenvalue weighted by Crippen LogP contribution is 2.34. The average molecular weight is 289 g/mol. The fourth-order valence-corrected chi connectivity index (χ4v) is 5.29. The first-order valence-electron chi connectivity index (χ1n) is 6.21. The van der Waals surface area contributed by atoms with Crippen molar-refractivity contribution in [2.24, 2.45) is 0 Å². The number of nitrogens with zero attached hydrogens (tertiary/aromatic N) is 3. The van der Waals surface area contributed by atoms with Gasteiger partial charge in [-0.2, -0.15) is 4.37 Å². The number of anilines is 1. The minimum absolute atomic E-state index is 0.216. The molecule has 1 aromatic rings. The van der Waals surface area contributed by atoms with Crippen molar-refractivity contribution in [3.8, 4) is 0 Å². The van der Waals surface area contributed by atoms with E-state index >= 15 is 0 Å². The van der Waals surface area contributed by atoms with E-state index in [0.29, 0.717) is 25.9 Å². The van der Waals surface area contributed by atoms with Crippen molar-refractivity contribution in [2.45, 2.75) is 38.4 Å². The first-order chi connectivity index (χ1) is 8.44. The largest absolute Gasteiger partial charge is 0.344 e. The molecule has 0 N–H and O–H groups in total. The minimum Gasteiger partial charge on any atom is -0.344 e. The van der Waals surface area contributed by atoms with Crippen molar-refractivity contribution in [3.05, 3.63) is 5.82 Å². The summed E-state index contributed by atoms with van der Waals surface area (Å²) in [7, 11) is -3.00. The number of hydrogen-bond donors (Lipinski definition) is 0. The highest BCUT2D eigenvalue weighted by molar-refractivity contribution is 7.92. The SMILES string of the molecule is CCC1(CC)CN(c2nc(C)ns2)CCS1(=O)=O. The number of sulfone groups is 1. The molecule has 1 aromatic heterocycles. The summed E-state index contributed by atoms with van der Waals surface area (Å²) in [6, 6.07) is 0. The third kappa shape index (κ3) is 2.14. The van der Waals surface area contributed by atoms with Crippen molar-refractivity contribution in [2.75, 3.05) is 23.7 Å². The molecule has 2 heterocycles. The topological polar surface area (TPSA) is 63.2 Å². The molecule has 1 fully saturated rings. The highest BCUT2D eigenvalue weighted by Gasteiger charge is 2.45. The molecule has 0 atom stereocenters. The molecule has 1 aliphatic heterocycles. The number of aromatic nitrogens is 2. The molecule has 1 saturated heterocycles. The van der Waals surface area contributed by atoms with E-state index in [1.165, 1.54) is 11.5 Å². The molecule has 0 radical (unpaired) electrons. The third-order valence-electron chi connectivity index (χ3n) is 3.84. The van der Waals surface area contributed by atoms with Crippen molar-refractivity contribution < 1.29 is 8.42 Å². The van der Waals surface area contributed by atoms with Crippen molar-refractivity contribution in [3.63, 3.8) is 0 Å². The van der Waals surface area contributed by atoms with Gasteiger partial charge in [-0.05, 0) is 19.8 Å². The van der Waals surface area contributed by atoms with Gasteiger partial charge in [0.15, 0.2) is 9.84 Å². The van der Waals surface area contributed by atoms with Crippen LogP contribution in [0.25, 0.3) is 0 Å². The van der Waals surface area contributed by atoms with Crippen LogP contribution in [-0.2, 0) is 9.84 Å². The van der Waals surface area contributed by atoms with E-state index in [9.17, 15) is 8.42 Å². The van der Waals surface area contributed by atoms with E-state index in [0.717, 1.165) is 11.0 Å². The Morgan fingerprint density at radius 3 is 2.56 bits per heavy atom. The van der Waals surface area contributed by atoms with Gasteiger partial charge in [-0.1, -0.05) is 13.8 Å². The predicted molar refractivity (Wildman–Crippen MR) is 74.0 cm³/mol. The van der Waals surface area contributed by atoms with E-state index in [-0.39, 0.29) is 5.75 Å². The molecular formula is C11H19N3O2S2. The first-order valence-corrected chi connectivity index (χ1v) is 8.64. The molecule has 0 unspecified atom stereocenters. The van der Waals surface area contributed by atoms with Gasteiger partial charge < -0.3 is 4.90 Å². The van der Waals surface area contributed by atoms with Crippen LogP contribution in [0.15, 0.2) is 0 Å². The van der Waals surface area contributed by atoms with Crippen LogP contribution in [-0.4, -0.2) is 41.4 Å². The van der Waals surface area contributed by atoms with Gasteiger partial charge in [0.1, 0.15) is 5.82 Å². The van der Waals surface area contributed by atoms with Crippen molar-refractivity contribution in [1.29, 1.82) is 0 Å². The Labute approximate surface area is 112 Å². The quantitative estimate of drug-likeness (QED) is 0.846. The third-order valence-corrected chi connectivity index (χ3v) is 7.46. The molecule has 1 aliphatic rings. The second kappa shape index (κ2) is 4.77. The fraction of sp³-hybridized carbons (Fsp3) is 0.818. The lowest BCUT2D eigenvalue weighted by molar-refractivity contribution is 0.458. The summed E-state index contributed by atoms with van der Waals surface area (Å²) < 4.78 is 28.1. The van der Waals surface area contributed by atoms with Gasteiger partial charge in [-0.3, -0.25) is 0 Å². The molecule has 0 aliphatic carbocycles. The van der Waals surface area contributed by atoms with Gasteiger partial charge in [0.05, 0.1) is 10.5 Å². The van der Waals surface area contributed by atoms with Crippen molar-refractivity contribution >= 4 is 26.5 Å². The lowest BCUT2D eigenvalue weighted by atomic mass is 10.0. The zero-order chi connectivity index (χ0) is 13.4. The Morgan fingerprint density at radius 2 is 2.06 bits per heavy atom. The normalized spacial score (nSPS) is 22.1. The number of aryl methyl sites for hydroxylation is 1. The van der Waals surface area contributed by atoms with Gasteiger partial charge in [0, 0.05) is 24.6 Å². The zero-order valence-electron chi connectivity index (χ0n) is 11.0. The number of rotatable bonds is 3. The van der Waals surface area contributed by atoms with Crippen LogP contribution in [0, 0.1) is 6.92 Å². The first kappa shape index (κ1) is 13.7. The van der Waals surface area contributed by atoms with Gasteiger partial charge >= 0.3 is 0 Å². The number of hydrogen-bond acceptors (Lipinski definition) is 6. The van der Waals surface area contributed by atoms with E-state index in [1.807, 2.05) is 20.8 Å². The molecule has 102 valence electrons. The molecule has 7 heteroatoms.